The van der Waals surface area contributed by atoms with Gasteiger partial charge in [0.05, 0.1) is 10.9 Å². The van der Waals surface area contributed by atoms with E-state index < -0.39 is 0 Å². The van der Waals surface area contributed by atoms with Crippen LogP contribution in [0.2, 0.25) is 0 Å². The third-order valence-corrected chi connectivity index (χ3v) is 6.79. The van der Waals surface area contributed by atoms with E-state index in [9.17, 15) is 9.59 Å². The van der Waals surface area contributed by atoms with Gasteiger partial charge >= 0.3 is 0 Å². The number of hydrogen-bond acceptors (Lipinski definition) is 3. The Bertz CT molecular complexity index is 1250. The summed E-state index contributed by atoms with van der Waals surface area (Å²) in [5, 5.41) is 3.56. The van der Waals surface area contributed by atoms with Gasteiger partial charge in [0.25, 0.3) is 11.5 Å². The Kier molecular flexibility index (Phi) is 5.03. The standard InChI is InChI=1S/C24H25N3O2S/c28-22(25-18-11-9-15-5-4-6-16(15)13-18)17-10-12-20-21(14-17)26-24(30)27(23(20)29)19-7-2-1-3-8-19/h9-14,19H,1-8H2,(H,25,28)(H,26,30). The van der Waals surface area contributed by atoms with Gasteiger partial charge in [-0.3, -0.25) is 14.2 Å². The minimum absolute atomic E-state index is 0.0637. The molecule has 3 aromatic rings. The van der Waals surface area contributed by atoms with E-state index in [0.717, 1.165) is 44.2 Å². The van der Waals surface area contributed by atoms with Crippen LogP contribution in [-0.2, 0) is 12.8 Å². The van der Waals surface area contributed by atoms with Gasteiger partial charge in [-0.25, -0.2) is 0 Å². The van der Waals surface area contributed by atoms with Gasteiger partial charge in [0.1, 0.15) is 0 Å². The number of carbonyl (C=O) groups is 1. The first kappa shape index (κ1) is 19.2. The third kappa shape index (κ3) is 3.49. The van der Waals surface area contributed by atoms with Crippen LogP contribution in [0.1, 0.15) is 66.1 Å². The van der Waals surface area contributed by atoms with Crippen molar-refractivity contribution in [1.29, 1.82) is 0 Å². The van der Waals surface area contributed by atoms with Crippen LogP contribution in [0, 0.1) is 4.77 Å². The molecule has 2 aliphatic rings. The highest BCUT2D eigenvalue weighted by atomic mass is 32.1. The molecule has 1 amide bonds. The average molecular weight is 420 g/mol. The Morgan fingerprint density at radius 1 is 1.00 bits per heavy atom. The van der Waals surface area contributed by atoms with Crippen LogP contribution in [0.15, 0.2) is 41.2 Å². The summed E-state index contributed by atoms with van der Waals surface area (Å²) in [5.74, 6) is -0.189. The molecule has 6 heteroatoms. The second kappa shape index (κ2) is 7.84. The van der Waals surface area contributed by atoms with E-state index in [4.69, 9.17) is 12.2 Å². The zero-order valence-corrected chi connectivity index (χ0v) is 17.7. The highest BCUT2D eigenvalue weighted by Crippen LogP contribution is 2.28. The Labute approximate surface area is 180 Å². The van der Waals surface area contributed by atoms with Crippen molar-refractivity contribution < 1.29 is 4.79 Å². The molecule has 0 saturated heterocycles. The number of hydrogen-bond donors (Lipinski definition) is 2. The number of amides is 1. The van der Waals surface area contributed by atoms with Crippen molar-refractivity contribution in [1.82, 2.24) is 9.55 Å². The van der Waals surface area contributed by atoms with Gasteiger partial charge in [-0.05, 0) is 85.8 Å². The van der Waals surface area contributed by atoms with E-state index >= 15 is 0 Å². The number of anilines is 1. The largest absolute Gasteiger partial charge is 0.332 e. The van der Waals surface area contributed by atoms with E-state index in [0.29, 0.717) is 21.2 Å². The summed E-state index contributed by atoms with van der Waals surface area (Å²) in [5.41, 5.74) is 4.55. The van der Waals surface area contributed by atoms with Crippen LogP contribution >= 0.6 is 12.2 Å². The minimum atomic E-state index is -0.189. The normalized spacial score (nSPS) is 16.5. The van der Waals surface area contributed by atoms with Gasteiger partial charge in [0, 0.05) is 17.3 Å². The molecule has 0 atom stereocenters. The summed E-state index contributed by atoms with van der Waals surface area (Å²) < 4.78 is 2.18. The molecule has 0 aliphatic heterocycles. The second-order valence-corrected chi connectivity index (χ2v) is 8.84. The van der Waals surface area contributed by atoms with Crippen molar-refractivity contribution in [3.63, 3.8) is 0 Å². The number of fused-ring (bicyclic) bond motifs is 2. The van der Waals surface area contributed by atoms with Gasteiger partial charge < -0.3 is 10.3 Å². The fourth-order valence-corrected chi connectivity index (χ4v) is 5.24. The minimum Gasteiger partial charge on any atom is -0.332 e. The number of carbonyl (C=O) groups excluding carboxylic acids is 1. The van der Waals surface area contributed by atoms with Crippen molar-refractivity contribution in [3.8, 4) is 0 Å². The fourth-order valence-electron chi connectivity index (χ4n) is 4.90. The van der Waals surface area contributed by atoms with Crippen LogP contribution in [0.5, 0.6) is 0 Å². The first-order valence-electron chi connectivity index (χ1n) is 10.8. The number of aromatic nitrogens is 2. The summed E-state index contributed by atoms with van der Waals surface area (Å²) in [6.07, 6.45) is 8.82. The quantitative estimate of drug-likeness (QED) is 0.566. The molecular formula is C24H25N3O2S. The van der Waals surface area contributed by atoms with Crippen molar-refractivity contribution in [2.45, 2.75) is 57.4 Å². The van der Waals surface area contributed by atoms with E-state index in [-0.39, 0.29) is 17.5 Å². The molecular weight excluding hydrogens is 394 g/mol. The molecule has 0 unspecified atom stereocenters. The van der Waals surface area contributed by atoms with Crippen LogP contribution in [0.4, 0.5) is 5.69 Å². The molecule has 0 spiro atoms. The molecule has 2 aromatic carbocycles. The lowest BCUT2D eigenvalue weighted by atomic mass is 9.95. The smallest absolute Gasteiger partial charge is 0.262 e. The lowest BCUT2D eigenvalue weighted by Gasteiger charge is -2.24. The fraction of sp³-hybridized carbons (Fsp3) is 0.375. The summed E-state index contributed by atoms with van der Waals surface area (Å²) in [6, 6.07) is 11.5. The van der Waals surface area contributed by atoms with Gasteiger partial charge in [0.2, 0.25) is 0 Å². The molecule has 2 aliphatic carbocycles. The first-order chi connectivity index (χ1) is 14.6. The molecule has 1 saturated carbocycles. The predicted molar refractivity (Wildman–Crippen MR) is 122 cm³/mol. The molecule has 0 bridgehead atoms. The molecule has 154 valence electrons. The number of aromatic amines is 1. The monoisotopic (exact) mass is 419 g/mol. The lowest BCUT2D eigenvalue weighted by Crippen LogP contribution is -2.28. The van der Waals surface area contributed by atoms with Crippen LogP contribution in [-0.4, -0.2) is 15.5 Å². The van der Waals surface area contributed by atoms with E-state index in [1.165, 1.54) is 24.0 Å². The average Bonchev–Trinajstić information content (AvgIpc) is 3.22. The maximum atomic E-state index is 13.1. The van der Waals surface area contributed by atoms with Crippen LogP contribution in [0.25, 0.3) is 10.9 Å². The second-order valence-electron chi connectivity index (χ2n) is 8.45. The lowest BCUT2D eigenvalue weighted by molar-refractivity contribution is 0.102. The van der Waals surface area contributed by atoms with Gasteiger partial charge in [-0.2, -0.15) is 0 Å². The van der Waals surface area contributed by atoms with Crippen molar-refractivity contribution in [2.24, 2.45) is 0 Å². The van der Waals surface area contributed by atoms with E-state index in [2.05, 4.69) is 22.4 Å². The number of H-pyrrole nitrogens is 1. The number of nitrogens with one attached hydrogen (secondary N) is 2. The number of benzene rings is 2. The van der Waals surface area contributed by atoms with Gasteiger partial charge in [-0.15, -0.1) is 0 Å². The summed E-state index contributed by atoms with van der Waals surface area (Å²) in [4.78, 5) is 29.1. The SMILES string of the molecule is O=C(Nc1ccc2c(c1)CCC2)c1ccc2c(=O)n(C3CCCCC3)c(=S)[nH]c2c1. The predicted octanol–water partition coefficient (Wildman–Crippen LogP) is 5.31. The van der Waals surface area contributed by atoms with E-state index in [1.54, 1.807) is 22.8 Å². The third-order valence-electron chi connectivity index (χ3n) is 6.49. The molecule has 30 heavy (non-hydrogen) atoms. The zero-order valence-electron chi connectivity index (χ0n) is 16.9. The van der Waals surface area contributed by atoms with Gasteiger partial charge in [-0.1, -0.05) is 25.3 Å². The van der Waals surface area contributed by atoms with Crippen molar-refractivity contribution in [2.75, 3.05) is 5.32 Å². The molecule has 1 aromatic heterocycles. The molecule has 0 radical (unpaired) electrons. The maximum Gasteiger partial charge on any atom is 0.262 e. The molecule has 1 heterocycles. The highest BCUT2D eigenvalue weighted by molar-refractivity contribution is 7.71. The molecule has 2 N–H and O–H groups in total. The Balaban J connectivity index is 1.45. The van der Waals surface area contributed by atoms with Crippen LogP contribution < -0.4 is 10.9 Å². The molecule has 5 rings (SSSR count). The summed E-state index contributed by atoms with van der Waals surface area (Å²) in [7, 11) is 0. The number of rotatable bonds is 3. The first-order valence-corrected chi connectivity index (χ1v) is 11.2. The number of aryl methyl sites for hydroxylation is 2. The maximum absolute atomic E-state index is 13.1. The Morgan fingerprint density at radius 2 is 1.80 bits per heavy atom. The van der Waals surface area contributed by atoms with E-state index in [1.807, 2.05) is 6.07 Å². The zero-order chi connectivity index (χ0) is 20.7. The highest BCUT2D eigenvalue weighted by Gasteiger charge is 2.19. The summed E-state index contributed by atoms with van der Waals surface area (Å²) >= 11 is 5.51. The Morgan fingerprint density at radius 3 is 2.63 bits per heavy atom. The molecule has 5 nitrogen and oxygen atoms in total. The topological polar surface area (TPSA) is 66.9 Å². The Hall–Kier alpha value is -2.73. The van der Waals surface area contributed by atoms with Crippen LogP contribution in [0.3, 0.4) is 0 Å². The summed E-state index contributed by atoms with van der Waals surface area (Å²) in [6.45, 7) is 0. The molecule has 1 fully saturated rings. The van der Waals surface area contributed by atoms with Crippen molar-refractivity contribution in [3.05, 3.63) is 68.2 Å². The van der Waals surface area contributed by atoms with Gasteiger partial charge in [0.15, 0.2) is 4.77 Å². The number of nitrogens with zero attached hydrogens (tertiary/aromatic N) is 1. The van der Waals surface area contributed by atoms with Crippen molar-refractivity contribution >= 4 is 34.7 Å².